The van der Waals surface area contributed by atoms with Crippen LogP contribution in [0.15, 0.2) is 24.3 Å². The van der Waals surface area contributed by atoms with Gasteiger partial charge in [0.15, 0.2) is 6.61 Å². The van der Waals surface area contributed by atoms with Crippen LogP contribution in [0.1, 0.15) is 57.1 Å². The molecule has 2 amide bonds. The van der Waals surface area contributed by atoms with E-state index >= 15 is 0 Å². The van der Waals surface area contributed by atoms with Crippen LogP contribution in [0.4, 0.5) is 18.0 Å². The van der Waals surface area contributed by atoms with Crippen molar-refractivity contribution in [2.45, 2.75) is 63.7 Å². The van der Waals surface area contributed by atoms with Gasteiger partial charge in [0.2, 0.25) is 0 Å². The van der Waals surface area contributed by atoms with E-state index in [9.17, 15) is 18.0 Å². The molecule has 28 heavy (non-hydrogen) atoms. The van der Waals surface area contributed by atoms with Gasteiger partial charge in [-0.3, -0.25) is 0 Å². The van der Waals surface area contributed by atoms with Crippen molar-refractivity contribution in [3.8, 4) is 5.75 Å². The van der Waals surface area contributed by atoms with Crippen molar-refractivity contribution in [3.63, 3.8) is 0 Å². The molecule has 3 N–H and O–H groups in total. The highest BCUT2D eigenvalue weighted by molar-refractivity contribution is 5.74. The number of benzene rings is 1. The van der Waals surface area contributed by atoms with Gasteiger partial charge >= 0.3 is 12.2 Å². The molecule has 1 unspecified atom stereocenters. The van der Waals surface area contributed by atoms with Gasteiger partial charge in [0.05, 0.1) is 6.04 Å². The maximum atomic E-state index is 12.2. The average molecular weight is 401 g/mol. The van der Waals surface area contributed by atoms with Crippen LogP contribution in [-0.2, 0) is 0 Å². The van der Waals surface area contributed by atoms with Crippen molar-refractivity contribution < 1.29 is 22.7 Å². The van der Waals surface area contributed by atoms with Crippen LogP contribution in [0.3, 0.4) is 0 Å². The summed E-state index contributed by atoms with van der Waals surface area (Å²) in [6, 6.07) is 6.31. The van der Waals surface area contributed by atoms with E-state index < -0.39 is 12.8 Å². The van der Waals surface area contributed by atoms with Crippen LogP contribution in [0.25, 0.3) is 0 Å². The van der Waals surface area contributed by atoms with Crippen LogP contribution in [0, 0.1) is 0 Å². The second-order valence-corrected chi connectivity index (χ2v) is 7.24. The van der Waals surface area contributed by atoms with Crippen LogP contribution in [0.5, 0.6) is 5.75 Å². The molecule has 0 aromatic heterocycles. The zero-order valence-electron chi connectivity index (χ0n) is 16.3. The Hall–Kier alpha value is -1.96. The van der Waals surface area contributed by atoms with E-state index in [1.54, 1.807) is 12.1 Å². The minimum Gasteiger partial charge on any atom is -0.484 e. The maximum Gasteiger partial charge on any atom is 0.422 e. The van der Waals surface area contributed by atoms with Gasteiger partial charge in [-0.05, 0) is 50.4 Å². The molecule has 0 spiro atoms. The Morgan fingerprint density at radius 2 is 1.82 bits per heavy atom. The molecule has 0 aliphatic heterocycles. The summed E-state index contributed by atoms with van der Waals surface area (Å²) in [7, 11) is 0. The summed E-state index contributed by atoms with van der Waals surface area (Å²) in [6.07, 6.45) is 2.91. The third-order valence-corrected chi connectivity index (χ3v) is 4.81. The highest BCUT2D eigenvalue weighted by Gasteiger charge is 2.28. The first-order chi connectivity index (χ1) is 13.3. The molecule has 1 aromatic carbocycles. The number of alkyl halides is 3. The van der Waals surface area contributed by atoms with Gasteiger partial charge in [-0.15, -0.1) is 0 Å². The van der Waals surface area contributed by atoms with Crippen molar-refractivity contribution in [1.29, 1.82) is 0 Å². The van der Waals surface area contributed by atoms with Crippen molar-refractivity contribution in [1.82, 2.24) is 16.0 Å². The normalized spacial score (nSPS) is 16.4. The summed E-state index contributed by atoms with van der Waals surface area (Å²) in [6.45, 7) is 1.97. The Balaban J connectivity index is 1.61. The summed E-state index contributed by atoms with van der Waals surface area (Å²) in [5, 5.41) is 9.18. The van der Waals surface area contributed by atoms with Gasteiger partial charge < -0.3 is 20.7 Å². The van der Waals surface area contributed by atoms with Crippen molar-refractivity contribution >= 4 is 6.03 Å². The predicted molar refractivity (Wildman–Crippen MR) is 102 cm³/mol. The molecule has 8 heteroatoms. The van der Waals surface area contributed by atoms with Gasteiger partial charge in [0.1, 0.15) is 5.75 Å². The van der Waals surface area contributed by atoms with Crippen molar-refractivity contribution in [2.24, 2.45) is 0 Å². The maximum absolute atomic E-state index is 12.2. The van der Waals surface area contributed by atoms with Crippen LogP contribution in [0.2, 0.25) is 0 Å². The van der Waals surface area contributed by atoms with E-state index in [1.807, 2.05) is 6.92 Å². The Kier molecular flexibility index (Phi) is 8.89. The summed E-state index contributed by atoms with van der Waals surface area (Å²) in [5.74, 6) is 0.142. The topological polar surface area (TPSA) is 62.4 Å². The molecule has 0 saturated heterocycles. The van der Waals surface area contributed by atoms with Crippen LogP contribution < -0.4 is 20.7 Å². The van der Waals surface area contributed by atoms with E-state index in [0.717, 1.165) is 18.5 Å². The molecule has 1 fully saturated rings. The summed E-state index contributed by atoms with van der Waals surface area (Å²) >= 11 is 0. The quantitative estimate of drug-likeness (QED) is 0.541. The lowest BCUT2D eigenvalue weighted by molar-refractivity contribution is -0.153. The molecule has 0 heterocycles. The van der Waals surface area contributed by atoms with Crippen molar-refractivity contribution in [2.75, 3.05) is 19.7 Å². The smallest absolute Gasteiger partial charge is 0.422 e. The lowest BCUT2D eigenvalue weighted by Gasteiger charge is -2.22. The molecule has 5 nitrogen and oxygen atoms in total. The molecule has 158 valence electrons. The zero-order valence-corrected chi connectivity index (χ0v) is 16.3. The fraction of sp³-hybridized carbons (Fsp3) is 0.650. The molecule has 1 aliphatic carbocycles. The number of halogens is 3. The number of hydrogen-bond donors (Lipinski definition) is 3. The van der Waals surface area contributed by atoms with E-state index in [2.05, 4.69) is 20.7 Å². The number of rotatable bonds is 9. The Bertz CT molecular complexity index is 587. The van der Waals surface area contributed by atoms with Gasteiger partial charge in [0.25, 0.3) is 0 Å². The Labute approximate surface area is 164 Å². The number of urea groups is 1. The van der Waals surface area contributed by atoms with Crippen molar-refractivity contribution in [3.05, 3.63) is 29.8 Å². The van der Waals surface area contributed by atoms with Gasteiger partial charge in [-0.2, -0.15) is 13.2 Å². The van der Waals surface area contributed by atoms with E-state index in [1.165, 1.54) is 44.2 Å². The monoisotopic (exact) mass is 401 g/mol. The van der Waals surface area contributed by atoms with E-state index in [0.29, 0.717) is 12.6 Å². The third-order valence-electron chi connectivity index (χ3n) is 4.81. The fourth-order valence-electron chi connectivity index (χ4n) is 3.25. The second-order valence-electron chi connectivity index (χ2n) is 7.24. The fourth-order valence-corrected chi connectivity index (χ4v) is 3.25. The number of amides is 2. The lowest BCUT2D eigenvalue weighted by atomic mass is 9.95. The Morgan fingerprint density at radius 1 is 1.14 bits per heavy atom. The van der Waals surface area contributed by atoms with Crippen LogP contribution >= 0.6 is 0 Å². The minimum absolute atomic E-state index is 0.142. The lowest BCUT2D eigenvalue weighted by Crippen LogP contribution is -2.39. The highest BCUT2D eigenvalue weighted by Crippen LogP contribution is 2.21. The van der Waals surface area contributed by atoms with E-state index in [-0.39, 0.29) is 17.8 Å². The third kappa shape index (κ3) is 8.82. The summed E-state index contributed by atoms with van der Waals surface area (Å²) in [5.41, 5.74) is 0.786. The molecule has 1 saturated carbocycles. The zero-order chi connectivity index (χ0) is 20.4. The number of carbonyl (C=O) groups is 1. The van der Waals surface area contributed by atoms with E-state index in [4.69, 9.17) is 0 Å². The number of hydrogen-bond acceptors (Lipinski definition) is 3. The van der Waals surface area contributed by atoms with Gasteiger partial charge in [-0.1, -0.05) is 31.4 Å². The minimum atomic E-state index is -4.36. The largest absolute Gasteiger partial charge is 0.484 e. The highest BCUT2D eigenvalue weighted by atomic mass is 19.4. The average Bonchev–Trinajstić information content (AvgIpc) is 2.66. The molecular formula is C20H30F3N3O2. The number of ether oxygens (including phenoxy) is 1. The van der Waals surface area contributed by atoms with Gasteiger partial charge in [-0.25, -0.2) is 4.79 Å². The molecule has 2 rings (SSSR count). The molecule has 0 radical (unpaired) electrons. The molecule has 1 aliphatic rings. The SMILES string of the molecule is CC(NC(=O)NCCCNC1CCCCC1)c1ccc(OCC(F)(F)F)cc1. The summed E-state index contributed by atoms with van der Waals surface area (Å²) < 4.78 is 41.1. The molecule has 1 atom stereocenters. The molecular weight excluding hydrogens is 371 g/mol. The number of nitrogens with one attached hydrogen (secondary N) is 3. The summed E-state index contributed by atoms with van der Waals surface area (Å²) in [4.78, 5) is 12.0. The first-order valence-electron chi connectivity index (χ1n) is 9.91. The van der Waals surface area contributed by atoms with Gasteiger partial charge in [0, 0.05) is 12.6 Å². The first-order valence-corrected chi connectivity index (χ1v) is 9.91. The second kappa shape index (κ2) is 11.1. The van der Waals surface area contributed by atoms with Crippen LogP contribution in [-0.4, -0.2) is 37.9 Å². The standard InChI is InChI=1S/C20H30F3N3O2/c1-15(16-8-10-18(11-9-16)28-14-20(21,22)23)26-19(27)25-13-5-12-24-17-6-3-2-4-7-17/h8-11,15,17,24H,2-7,12-14H2,1H3,(H2,25,26,27). The first kappa shape index (κ1) is 22.3. The predicted octanol–water partition coefficient (Wildman–Crippen LogP) is 4.30. The molecule has 0 bridgehead atoms. The Morgan fingerprint density at radius 3 is 2.46 bits per heavy atom. The molecule has 1 aromatic rings. The number of carbonyl (C=O) groups excluding carboxylic acids is 1.